The van der Waals surface area contributed by atoms with Crippen LogP contribution in [-0.4, -0.2) is 24.5 Å². The zero-order valence-electron chi connectivity index (χ0n) is 10.0. The summed E-state index contributed by atoms with van der Waals surface area (Å²) in [5.41, 5.74) is 0.548. The molecule has 0 bridgehead atoms. The van der Waals surface area contributed by atoms with E-state index < -0.39 is 11.9 Å². The molecular formula is C12H13Cl2N3O2. The maximum absolute atomic E-state index is 11.5. The van der Waals surface area contributed by atoms with Crippen molar-refractivity contribution in [1.82, 2.24) is 10.6 Å². The number of hydrogen-bond acceptors (Lipinski definition) is 3. The van der Waals surface area contributed by atoms with Gasteiger partial charge in [0.05, 0.1) is 17.3 Å². The second kappa shape index (κ2) is 6.12. The predicted octanol–water partition coefficient (Wildman–Crippen LogP) is 2.39. The molecule has 0 aromatic heterocycles. The van der Waals surface area contributed by atoms with E-state index in [0.29, 0.717) is 15.7 Å². The van der Waals surface area contributed by atoms with E-state index in [4.69, 9.17) is 23.2 Å². The highest BCUT2D eigenvalue weighted by Crippen LogP contribution is 2.25. The topological polar surface area (TPSA) is 70.2 Å². The zero-order valence-corrected chi connectivity index (χ0v) is 11.5. The number of carbonyl (C=O) groups is 2. The average molecular weight is 302 g/mol. The van der Waals surface area contributed by atoms with Crippen molar-refractivity contribution in [1.29, 1.82) is 0 Å². The van der Waals surface area contributed by atoms with E-state index in [1.54, 1.807) is 18.2 Å². The molecule has 0 atom stereocenters. The van der Waals surface area contributed by atoms with E-state index in [1.807, 2.05) is 0 Å². The van der Waals surface area contributed by atoms with Crippen LogP contribution in [0.15, 0.2) is 18.2 Å². The van der Waals surface area contributed by atoms with Crippen LogP contribution in [0, 0.1) is 0 Å². The third-order valence-corrected chi connectivity index (χ3v) is 3.10. The van der Waals surface area contributed by atoms with Gasteiger partial charge in [0.1, 0.15) is 0 Å². The van der Waals surface area contributed by atoms with Crippen molar-refractivity contribution in [2.45, 2.75) is 18.9 Å². The Morgan fingerprint density at radius 3 is 2.68 bits per heavy atom. The Kier molecular flexibility index (Phi) is 4.50. The van der Waals surface area contributed by atoms with E-state index in [1.165, 1.54) is 0 Å². The van der Waals surface area contributed by atoms with Gasteiger partial charge < -0.3 is 10.6 Å². The average Bonchev–Trinajstić information content (AvgIpc) is 3.14. The van der Waals surface area contributed by atoms with Gasteiger partial charge >= 0.3 is 6.03 Å². The summed E-state index contributed by atoms with van der Waals surface area (Å²) in [7, 11) is 0. The number of urea groups is 1. The molecule has 19 heavy (non-hydrogen) atoms. The van der Waals surface area contributed by atoms with Crippen LogP contribution < -0.4 is 16.0 Å². The third kappa shape index (κ3) is 4.61. The van der Waals surface area contributed by atoms with Gasteiger partial charge in [0.15, 0.2) is 0 Å². The standard InChI is InChI=1S/C12H13Cl2N3O2/c13-7-1-4-9(14)10(5-7)15-6-11(18)17-12(19)16-8-2-3-8/h1,4-5,8,15H,2-3,6H2,(H2,16,17,18,19). The number of hydrogen-bond donors (Lipinski definition) is 3. The van der Waals surface area contributed by atoms with Crippen LogP contribution in [-0.2, 0) is 4.79 Å². The molecule has 0 aliphatic heterocycles. The minimum absolute atomic E-state index is 0.0574. The van der Waals surface area contributed by atoms with Crippen molar-refractivity contribution in [3.63, 3.8) is 0 Å². The molecule has 0 unspecified atom stereocenters. The fraction of sp³-hybridized carbons (Fsp3) is 0.333. The van der Waals surface area contributed by atoms with Crippen LogP contribution in [0.5, 0.6) is 0 Å². The molecule has 1 saturated carbocycles. The van der Waals surface area contributed by atoms with Crippen molar-refractivity contribution in [2.24, 2.45) is 0 Å². The summed E-state index contributed by atoms with van der Waals surface area (Å²) in [6.45, 7) is -0.0574. The van der Waals surface area contributed by atoms with E-state index in [9.17, 15) is 9.59 Å². The number of halogens is 2. The second-order valence-corrected chi connectivity index (χ2v) is 5.12. The zero-order chi connectivity index (χ0) is 13.8. The maximum Gasteiger partial charge on any atom is 0.321 e. The lowest BCUT2D eigenvalue weighted by Crippen LogP contribution is -2.42. The number of benzene rings is 1. The summed E-state index contributed by atoms with van der Waals surface area (Å²) in [5, 5.41) is 8.68. The van der Waals surface area contributed by atoms with Crippen LogP contribution in [0.1, 0.15) is 12.8 Å². The Morgan fingerprint density at radius 1 is 1.26 bits per heavy atom. The minimum atomic E-state index is -0.466. The number of carbonyl (C=O) groups excluding carboxylic acids is 2. The van der Waals surface area contributed by atoms with Crippen LogP contribution >= 0.6 is 23.2 Å². The fourth-order valence-electron chi connectivity index (χ4n) is 1.43. The molecule has 102 valence electrons. The van der Waals surface area contributed by atoms with Gasteiger partial charge in [0, 0.05) is 11.1 Å². The first-order valence-electron chi connectivity index (χ1n) is 5.84. The lowest BCUT2D eigenvalue weighted by molar-refractivity contribution is -0.118. The summed E-state index contributed by atoms with van der Waals surface area (Å²) < 4.78 is 0. The predicted molar refractivity (Wildman–Crippen MR) is 74.6 cm³/mol. The molecule has 2 rings (SSSR count). The fourth-order valence-corrected chi connectivity index (χ4v) is 1.78. The highest BCUT2D eigenvalue weighted by atomic mass is 35.5. The number of rotatable bonds is 4. The normalized spacial score (nSPS) is 13.8. The quantitative estimate of drug-likeness (QED) is 0.800. The van der Waals surface area contributed by atoms with Crippen LogP contribution in [0.25, 0.3) is 0 Å². The molecule has 0 saturated heterocycles. The Labute approximate surface area is 120 Å². The molecule has 7 heteroatoms. The van der Waals surface area contributed by atoms with Gasteiger partial charge in [-0.2, -0.15) is 0 Å². The van der Waals surface area contributed by atoms with Crippen molar-refractivity contribution >= 4 is 40.8 Å². The summed E-state index contributed by atoms with van der Waals surface area (Å²) in [6.07, 6.45) is 1.94. The summed E-state index contributed by atoms with van der Waals surface area (Å²) in [6, 6.07) is 4.64. The first-order valence-corrected chi connectivity index (χ1v) is 6.59. The molecular weight excluding hydrogens is 289 g/mol. The molecule has 3 N–H and O–H groups in total. The SMILES string of the molecule is O=C(CNc1cc(Cl)ccc1Cl)NC(=O)NC1CC1. The van der Waals surface area contributed by atoms with E-state index in [-0.39, 0.29) is 12.6 Å². The molecule has 1 aliphatic carbocycles. The molecule has 0 heterocycles. The van der Waals surface area contributed by atoms with Gasteiger partial charge in [-0.15, -0.1) is 0 Å². The molecule has 1 aliphatic rings. The van der Waals surface area contributed by atoms with Gasteiger partial charge in [0.2, 0.25) is 5.91 Å². The smallest absolute Gasteiger partial charge is 0.321 e. The Bertz CT molecular complexity index is 504. The van der Waals surface area contributed by atoms with E-state index in [2.05, 4.69) is 16.0 Å². The highest BCUT2D eigenvalue weighted by Gasteiger charge is 2.23. The van der Waals surface area contributed by atoms with Crippen LogP contribution in [0.3, 0.4) is 0 Å². The summed E-state index contributed by atoms with van der Waals surface area (Å²) in [5.74, 6) is -0.436. The monoisotopic (exact) mass is 301 g/mol. The Morgan fingerprint density at radius 2 is 2.00 bits per heavy atom. The molecule has 3 amide bonds. The molecule has 1 fully saturated rings. The maximum atomic E-state index is 11.5. The van der Waals surface area contributed by atoms with E-state index >= 15 is 0 Å². The van der Waals surface area contributed by atoms with Crippen LogP contribution in [0.4, 0.5) is 10.5 Å². The van der Waals surface area contributed by atoms with Crippen molar-refractivity contribution in [3.8, 4) is 0 Å². The van der Waals surface area contributed by atoms with Gasteiger partial charge in [-0.05, 0) is 31.0 Å². The third-order valence-electron chi connectivity index (χ3n) is 2.53. The van der Waals surface area contributed by atoms with Gasteiger partial charge in [-0.3, -0.25) is 10.1 Å². The largest absolute Gasteiger partial charge is 0.375 e. The number of anilines is 1. The van der Waals surface area contributed by atoms with Gasteiger partial charge in [-0.1, -0.05) is 23.2 Å². The summed E-state index contributed by atoms with van der Waals surface area (Å²) >= 11 is 11.7. The number of imide groups is 1. The second-order valence-electron chi connectivity index (χ2n) is 4.27. The first-order chi connectivity index (χ1) is 9.04. The van der Waals surface area contributed by atoms with Crippen molar-refractivity contribution < 1.29 is 9.59 Å². The molecule has 5 nitrogen and oxygen atoms in total. The van der Waals surface area contributed by atoms with E-state index in [0.717, 1.165) is 12.8 Å². The first kappa shape index (κ1) is 14.0. The lowest BCUT2D eigenvalue weighted by atomic mass is 10.3. The lowest BCUT2D eigenvalue weighted by Gasteiger charge is -2.09. The summed E-state index contributed by atoms with van der Waals surface area (Å²) in [4.78, 5) is 22.8. The Balaban J connectivity index is 1.78. The van der Waals surface area contributed by atoms with Crippen molar-refractivity contribution in [3.05, 3.63) is 28.2 Å². The molecule has 0 spiro atoms. The molecule has 1 aromatic rings. The van der Waals surface area contributed by atoms with Gasteiger partial charge in [0.25, 0.3) is 0 Å². The minimum Gasteiger partial charge on any atom is -0.375 e. The molecule has 0 radical (unpaired) electrons. The number of nitrogens with one attached hydrogen (secondary N) is 3. The van der Waals surface area contributed by atoms with Gasteiger partial charge in [-0.25, -0.2) is 4.79 Å². The highest BCUT2D eigenvalue weighted by molar-refractivity contribution is 6.35. The van der Waals surface area contributed by atoms with Crippen molar-refractivity contribution in [2.75, 3.05) is 11.9 Å². The van der Waals surface area contributed by atoms with Crippen LogP contribution in [0.2, 0.25) is 10.0 Å². The Hall–Kier alpha value is -1.46. The molecule has 1 aromatic carbocycles. The number of amides is 3.